The van der Waals surface area contributed by atoms with Crippen molar-refractivity contribution < 1.29 is 0 Å². The van der Waals surface area contributed by atoms with Gasteiger partial charge in [0.25, 0.3) is 0 Å². The van der Waals surface area contributed by atoms with Gasteiger partial charge in [0.1, 0.15) is 5.82 Å². The first-order valence-corrected chi connectivity index (χ1v) is 6.38. The molecule has 1 aromatic heterocycles. The molecule has 1 aliphatic heterocycles. The molecule has 82 valence electrons. The molecule has 1 fully saturated rings. The van der Waals surface area contributed by atoms with E-state index in [1.54, 1.807) is 0 Å². The van der Waals surface area contributed by atoms with E-state index in [1.165, 1.54) is 49.1 Å². The Labute approximate surface area is 95.3 Å². The Morgan fingerprint density at radius 3 is 3.00 bits per heavy atom. The molecular formula is C14H16N2. The van der Waals surface area contributed by atoms with Crippen LogP contribution in [0.25, 0.3) is 11.0 Å². The van der Waals surface area contributed by atoms with Gasteiger partial charge in [-0.25, -0.2) is 4.98 Å². The molecular weight excluding hydrogens is 196 g/mol. The van der Waals surface area contributed by atoms with Crippen molar-refractivity contribution in [2.75, 3.05) is 0 Å². The molecule has 0 radical (unpaired) electrons. The SMILES string of the molecule is c1ccc2c(c1)nc1n2C[C@@H]2CCCC[C@H]12. The number of imidazole rings is 1. The highest BCUT2D eigenvalue weighted by molar-refractivity contribution is 5.76. The third-order valence-corrected chi connectivity index (χ3v) is 4.34. The fourth-order valence-electron chi connectivity index (χ4n) is 3.57. The molecule has 0 spiro atoms. The van der Waals surface area contributed by atoms with Gasteiger partial charge in [0.15, 0.2) is 0 Å². The molecule has 1 saturated carbocycles. The van der Waals surface area contributed by atoms with Gasteiger partial charge in [0, 0.05) is 12.5 Å². The van der Waals surface area contributed by atoms with E-state index < -0.39 is 0 Å². The van der Waals surface area contributed by atoms with Crippen molar-refractivity contribution in [1.29, 1.82) is 0 Å². The molecule has 1 aliphatic carbocycles. The minimum absolute atomic E-state index is 0.751. The lowest BCUT2D eigenvalue weighted by atomic mass is 9.81. The third kappa shape index (κ3) is 1.05. The summed E-state index contributed by atoms with van der Waals surface area (Å²) < 4.78 is 2.47. The van der Waals surface area contributed by atoms with Gasteiger partial charge in [-0.1, -0.05) is 25.0 Å². The maximum absolute atomic E-state index is 4.84. The highest BCUT2D eigenvalue weighted by atomic mass is 15.1. The molecule has 4 rings (SSSR count). The zero-order valence-corrected chi connectivity index (χ0v) is 9.39. The van der Waals surface area contributed by atoms with Gasteiger partial charge in [-0.05, 0) is 30.9 Å². The van der Waals surface area contributed by atoms with Crippen molar-refractivity contribution in [1.82, 2.24) is 9.55 Å². The van der Waals surface area contributed by atoms with E-state index in [0.29, 0.717) is 0 Å². The van der Waals surface area contributed by atoms with Crippen molar-refractivity contribution in [3.63, 3.8) is 0 Å². The minimum atomic E-state index is 0.751. The second kappa shape index (κ2) is 3.09. The number of benzene rings is 1. The maximum atomic E-state index is 4.84. The van der Waals surface area contributed by atoms with Crippen LogP contribution in [0, 0.1) is 5.92 Å². The van der Waals surface area contributed by atoms with Crippen LogP contribution in [0.1, 0.15) is 37.4 Å². The van der Waals surface area contributed by atoms with Crippen molar-refractivity contribution in [2.45, 2.75) is 38.1 Å². The van der Waals surface area contributed by atoms with Gasteiger partial charge in [0.2, 0.25) is 0 Å². The number of hydrogen-bond acceptors (Lipinski definition) is 1. The van der Waals surface area contributed by atoms with Gasteiger partial charge >= 0.3 is 0 Å². The van der Waals surface area contributed by atoms with Crippen molar-refractivity contribution in [3.05, 3.63) is 30.1 Å². The summed E-state index contributed by atoms with van der Waals surface area (Å²) in [5, 5.41) is 0. The first kappa shape index (κ1) is 8.80. The molecule has 2 nitrogen and oxygen atoms in total. The maximum Gasteiger partial charge on any atom is 0.113 e. The van der Waals surface area contributed by atoms with Gasteiger partial charge in [0.05, 0.1) is 11.0 Å². The number of nitrogens with zero attached hydrogens (tertiary/aromatic N) is 2. The highest BCUT2D eigenvalue weighted by Crippen LogP contribution is 2.44. The summed E-state index contributed by atoms with van der Waals surface area (Å²) in [6, 6.07) is 8.56. The molecule has 0 bridgehead atoms. The molecule has 0 amide bonds. The van der Waals surface area contributed by atoms with Crippen molar-refractivity contribution >= 4 is 11.0 Å². The molecule has 2 aromatic rings. The van der Waals surface area contributed by atoms with E-state index in [-0.39, 0.29) is 0 Å². The van der Waals surface area contributed by atoms with Crippen LogP contribution in [0.5, 0.6) is 0 Å². The Morgan fingerprint density at radius 1 is 1.12 bits per heavy atom. The van der Waals surface area contributed by atoms with E-state index in [4.69, 9.17) is 4.98 Å². The van der Waals surface area contributed by atoms with E-state index >= 15 is 0 Å². The number of aromatic nitrogens is 2. The predicted molar refractivity (Wildman–Crippen MR) is 64.4 cm³/mol. The first-order valence-electron chi connectivity index (χ1n) is 6.38. The lowest BCUT2D eigenvalue weighted by molar-refractivity contribution is 0.320. The fraction of sp³-hybridized carbons (Fsp3) is 0.500. The second-order valence-electron chi connectivity index (χ2n) is 5.22. The Balaban J connectivity index is 1.91. The molecule has 16 heavy (non-hydrogen) atoms. The van der Waals surface area contributed by atoms with Crippen LogP contribution < -0.4 is 0 Å². The standard InChI is InChI=1S/C14H16N2/c1-2-6-11-10(5-1)9-16-13-8-4-3-7-12(13)15-14(11)16/h3-4,7-8,10-11H,1-2,5-6,9H2/t10-,11-/m0/s1. The van der Waals surface area contributed by atoms with Gasteiger partial charge in [-0.15, -0.1) is 0 Å². The third-order valence-electron chi connectivity index (χ3n) is 4.34. The zero-order chi connectivity index (χ0) is 10.5. The zero-order valence-electron chi connectivity index (χ0n) is 9.39. The lowest BCUT2D eigenvalue weighted by Crippen LogP contribution is -2.13. The molecule has 1 aromatic carbocycles. The quantitative estimate of drug-likeness (QED) is 0.655. The molecule has 0 N–H and O–H groups in total. The summed E-state index contributed by atoms with van der Waals surface area (Å²) in [6.45, 7) is 1.21. The normalized spacial score (nSPS) is 28.0. The summed E-state index contributed by atoms with van der Waals surface area (Å²) in [7, 11) is 0. The van der Waals surface area contributed by atoms with Crippen molar-refractivity contribution in [3.8, 4) is 0 Å². The first-order chi connectivity index (χ1) is 7.93. The van der Waals surface area contributed by atoms with E-state index in [9.17, 15) is 0 Å². The Hall–Kier alpha value is -1.31. The summed E-state index contributed by atoms with van der Waals surface area (Å²) in [5.41, 5.74) is 2.52. The smallest absolute Gasteiger partial charge is 0.113 e. The van der Waals surface area contributed by atoms with Crippen molar-refractivity contribution in [2.24, 2.45) is 5.92 Å². The molecule has 2 heterocycles. The summed E-state index contributed by atoms with van der Waals surface area (Å²) in [5.74, 6) is 2.99. The molecule has 2 atom stereocenters. The van der Waals surface area contributed by atoms with Crippen LogP contribution in [0.3, 0.4) is 0 Å². The molecule has 0 saturated heterocycles. The van der Waals surface area contributed by atoms with Crippen LogP contribution >= 0.6 is 0 Å². The number of fused-ring (bicyclic) bond motifs is 5. The minimum Gasteiger partial charge on any atom is -0.327 e. The van der Waals surface area contributed by atoms with Crippen LogP contribution in [0.4, 0.5) is 0 Å². The Kier molecular flexibility index (Phi) is 1.70. The number of para-hydroxylation sites is 2. The Morgan fingerprint density at radius 2 is 2.00 bits per heavy atom. The highest BCUT2D eigenvalue weighted by Gasteiger charge is 2.36. The summed E-state index contributed by atoms with van der Waals surface area (Å²) in [6.07, 6.45) is 5.57. The van der Waals surface area contributed by atoms with E-state index in [2.05, 4.69) is 28.8 Å². The lowest BCUT2D eigenvalue weighted by Gasteiger charge is -2.23. The topological polar surface area (TPSA) is 17.8 Å². The van der Waals surface area contributed by atoms with Gasteiger partial charge in [-0.3, -0.25) is 0 Å². The number of hydrogen-bond donors (Lipinski definition) is 0. The van der Waals surface area contributed by atoms with Crippen LogP contribution in [-0.4, -0.2) is 9.55 Å². The van der Waals surface area contributed by atoms with Gasteiger partial charge < -0.3 is 4.57 Å². The average Bonchev–Trinajstić information content (AvgIpc) is 2.85. The van der Waals surface area contributed by atoms with Crippen LogP contribution in [0.2, 0.25) is 0 Å². The van der Waals surface area contributed by atoms with E-state index in [1.807, 2.05) is 0 Å². The van der Waals surface area contributed by atoms with Crippen LogP contribution in [0.15, 0.2) is 24.3 Å². The summed E-state index contributed by atoms with van der Waals surface area (Å²) in [4.78, 5) is 4.84. The molecule has 0 unspecified atom stereocenters. The largest absolute Gasteiger partial charge is 0.327 e. The Bertz CT molecular complexity index is 541. The van der Waals surface area contributed by atoms with E-state index in [0.717, 1.165) is 11.8 Å². The van der Waals surface area contributed by atoms with Gasteiger partial charge in [-0.2, -0.15) is 0 Å². The van der Waals surface area contributed by atoms with Crippen LogP contribution in [-0.2, 0) is 6.54 Å². The summed E-state index contributed by atoms with van der Waals surface area (Å²) >= 11 is 0. The average molecular weight is 212 g/mol. The predicted octanol–water partition coefficient (Wildman–Crippen LogP) is 3.32. The second-order valence-corrected chi connectivity index (χ2v) is 5.22. The number of rotatable bonds is 0. The molecule has 2 aliphatic rings. The monoisotopic (exact) mass is 212 g/mol. The fourth-order valence-corrected chi connectivity index (χ4v) is 3.57. The molecule has 2 heteroatoms.